The summed E-state index contributed by atoms with van der Waals surface area (Å²) in [5.41, 5.74) is 1.03. The number of anilines is 1. The van der Waals surface area contributed by atoms with Gasteiger partial charge in [0.05, 0.1) is 0 Å². The van der Waals surface area contributed by atoms with Crippen LogP contribution in [0.25, 0.3) is 0 Å². The number of hydrogen-bond donors (Lipinski definition) is 2. The van der Waals surface area contributed by atoms with Gasteiger partial charge in [-0.3, -0.25) is 9.59 Å². The van der Waals surface area contributed by atoms with E-state index >= 15 is 0 Å². The van der Waals surface area contributed by atoms with Gasteiger partial charge in [-0.15, -0.1) is 0 Å². The van der Waals surface area contributed by atoms with Crippen molar-refractivity contribution in [3.05, 3.63) is 29.8 Å². The summed E-state index contributed by atoms with van der Waals surface area (Å²) in [5.74, 6) is -0.240. The van der Waals surface area contributed by atoms with Gasteiger partial charge in [-0.05, 0) is 50.3 Å². The van der Waals surface area contributed by atoms with E-state index in [0.717, 1.165) is 24.1 Å². The second kappa shape index (κ2) is 6.11. The van der Waals surface area contributed by atoms with E-state index in [0.29, 0.717) is 12.8 Å². The number of nitrogens with one attached hydrogen (secondary N) is 2. The molecule has 0 aliphatic heterocycles. The molecule has 4 nitrogen and oxygen atoms in total. The van der Waals surface area contributed by atoms with Crippen molar-refractivity contribution in [2.24, 2.45) is 5.41 Å². The third-order valence-electron chi connectivity index (χ3n) is 4.84. The van der Waals surface area contributed by atoms with Gasteiger partial charge in [0.15, 0.2) is 0 Å². The SMILES string of the molecule is Cc1cccc(NC(=O)C2(C(=O)NC3CCCCC3)CC2)c1. The molecule has 0 saturated heterocycles. The normalized spacial score (nSPS) is 20.2. The summed E-state index contributed by atoms with van der Waals surface area (Å²) in [4.78, 5) is 25.0. The van der Waals surface area contributed by atoms with Gasteiger partial charge in [0.1, 0.15) is 5.41 Å². The van der Waals surface area contributed by atoms with Crippen LogP contribution in [0.1, 0.15) is 50.5 Å². The third kappa shape index (κ3) is 3.16. The first-order chi connectivity index (χ1) is 10.6. The van der Waals surface area contributed by atoms with E-state index in [-0.39, 0.29) is 17.9 Å². The lowest BCUT2D eigenvalue weighted by atomic mass is 9.94. The van der Waals surface area contributed by atoms with Gasteiger partial charge < -0.3 is 10.6 Å². The molecule has 118 valence electrons. The number of amides is 2. The molecule has 1 aromatic carbocycles. The Kier molecular flexibility index (Phi) is 4.19. The molecule has 4 heteroatoms. The van der Waals surface area contributed by atoms with Gasteiger partial charge in [0.2, 0.25) is 11.8 Å². The fraction of sp³-hybridized carbons (Fsp3) is 0.556. The zero-order valence-corrected chi connectivity index (χ0v) is 13.2. The minimum atomic E-state index is -0.832. The molecule has 1 aromatic rings. The van der Waals surface area contributed by atoms with E-state index in [1.165, 1.54) is 19.3 Å². The average molecular weight is 300 g/mol. The van der Waals surface area contributed by atoms with E-state index in [2.05, 4.69) is 10.6 Å². The maximum absolute atomic E-state index is 12.5. The third-order valence-corrected chi connectivity index (χ3v) is 4.84. The quantitative estimate of drug-likeness (QED) is 0.839. The highest BCUT2D eigenvalue weighted by Crippen LogP contribution is 2.47. The molecule has 2 fully saturated rings. The number of rotatable bonds is 4. The van der Waals surface area contributed by atoms with Crippen LogP contribution in [0, 0.1) is 12.3 Å². The number of benzene rings is 1. The molecule has 2 aliphatic carbocycles. The summed E-state index contributed by atoms with van der Waals surface area (Å²) in [6.07, 6.45) is 7.00. The van der Waals surface area contributed by atoms with E-state index in [4.69, 9.17) is 0 Å². The number of aryl methyl sites for hydroxylation is 1. The number of carbonyl (C=O) groups is 2. The van der Waals surface area contributed by atoms with Crippen molar-refractivity contribution in [1.82, 2.24) is 5.32 Å². The zero-order valence-electron chi connectivity index (χ0n) is 13.2. The van der Waals surface area contributed by atoms with Crippen molar-refractivity contribution < 1.29 is 9.59 Å². The predicted molar refractivity (Wildman–Crippen MR) is 86.5 cm³/mol. The molecular formula is C18H24N2O2. The molecule has 22 heavy (non-hydrogen) atoms. The maximum Gasteiger partial charge on any atom is 0.240 e. The van der Waals surface area contributed by atoms with Crippen LogP contribution in [0.4, 0.5) is 5.69 Å². The summed E-state index contributed by atoms with van der Waals surface area (Å²) < 4.78 is 0. The fourth-order valence-corrected chi connectivity index (χ4v) is 3.23. The molecule has 0 radical (unpaired) electrons. The van der Waals surface area contributed by atoms with Crippen LogP contribution in [-0.2, 0) is 9.59 Å². The molecule has 2 N–H and O–H groups in total. The monoisotopic (exact) mass is 300 g/mol. The Labute approximate surface area is 131 Å². The van der Waals surface area contributed by atoms with Crippen molar-refractivity contribution in [2.75, 3.05) is 5.32 Å². The molecule has 0 unspecified atom stereocenters. The lowest BCUT2D eigenvalue weighted by Gasteiger charge is -2.25. The molecule has 0 spiro atoms. The highest BCUT2D eigenvalue weighted by atomic mass is 16.2. The second-order valence-corrected chi connectivity index (χ2v) is 6.71. The second-order valence-electron chi connectivity index (χ2n) is 6.71. The zero-order chi connectivity index (χ0) is 15.6. The van der Waals surface area contributed by atoms with Crippen LogP contribution < -0.4 is 10.6 Å². The van der Waals surface area contributed by atoms with Gasteiger partial charge >= 0.3 is 0 Å². The van der Waals surface area contributed by atoms with Gasteiger partial charge in [0.25, 0.3) is 0 Å². The van der Waals surface area contributed by atoms with Crippen molar-refractivity contribution in [3.8, 4) is 0 Å². The summed E-state index contributed by atoms with van der Waals surface area (Å²) in [5, 5.41) is 6.00. The number of carbonyl (C=O) groups excluding carboxylic acids is 2. The maximum atomic E-state index is 12.5. The average Bonchev–Trinajstić information content (AvgIpc) is 3.30. The summed E-state index contributed by atoms with van der Waals surface area (Å²) >= 11 is 0. The van der Waals surface area contributed by atoms with Crippen molar-refractivity contribution in [3.63, 3.8) is 0 Å². The molecule has 2 saturated carbocycles. The van der Waals surface area contributed by atoms with Crippen molar-refractivity contribution in [2.45, 2.75) is 57.9 Å². The van der Waals surface area contributed by atoms with Gasteiger partial charge in [-0.2, -0.15) is 0 Å². The molecule has 3 rings (SSSR count). The molecule has 0 atom stereocenters. The highest BCUT2D eigenvalue weighted by Gasteiger charge is 2.56. The van der Waals surface area contributed by atoms with Crippen LogP contribution in [0.5, 0.6) is 0 Å². The van der Waals surface area contributed by atoms with E-state index in [9.17, 15) is 9.59 Å². The predicted octanol–water partition coefficient (Wildman–Crippen LogP) is 3.16. The molecule has 2 amide bonds. The minimum Gasteiger partial charge on any atom is -0.352 e. The first-order valence-electron chi connectivity index (χ1n) is 8.29. The minimum absolute atomic E-state index is 0.0791. The van der Waals surface area contributed by atoms with E-state index in [1.54, 1.807) is 0 Å². The topological polar surface area (TPSA) is 58.2 Å². The number of hydrogen-bond acceptors (Lipinski definition) is 2. The summed E-state index contributed by atoms with van der Waals surface area (Å²) in [6.45, 7) is 1.98. The summed E-state index contributed by atoms with van der Waals surface area (Å²) in [7, 11) is 0. The molecule has 0 heterocycles. The van der Waals surface area contributed by atoms with Gasteiger partial charge in [0, 0.05) is 11.7 Å². The van der Waals surface area contributed by atoms with Crippen molar-refractivity contribution in [1.29, 1.82) is 0 Å². The first kappa shape index (κ1) is 15.1. The van der Waals surface area contributed by atoms with Crippen LogP contribution in [-0.4, -0.2) is 17.9 Å². The van der Waals surface area contributed by atoms with E-state index in [1.807, 2.05) is 31.2 Å². The molecule has 2 aliphatic rings. The van der Waals surface area contributed by atoms with Crippen molar-refractivity contribution >= 4 is 17.5 Å². The lowest BCUT2D eigenvalue weighted by molar-refractivity contribution is -0.135. The molecule has 0 bridgehead atoms. The smallest absolute Gasteiger partial charge is 0.240 e. The fourth-order valence-electron chi connectivity index (χ4n) is 3.23. The van der Waals surface area contributed by atoms with Gasteiger partial charge in [-0.1, -0.05) is 31.4 Å². The lowest BCUT2D eigenvalue weighted by Crippen LogP contribution is -2.45. The summed E-state index contributed by atoms with van der Waals surface area (Å²) in [6, 6.07) is 7.93. The molecule has 0 aromatic heterocycles. The highest BCUT2D eigenvalue weighted by molar-refractivity contribution is 6.13. The molecular weight excluding hydrogens is 276 g/mol. The Balaban J connectivity index is 1.62. The van der Waals surface area contributed by atoms with Crippen LogP contribution >= 0.6 is 0 Å². The van der Waals surface area contributed by atoms with Crippen LogP contribution in [0.15, 0.2) is 24.3 Å². The Bertz CT molecular complexity index is 572. The Morgan fingerprint density at radius 2 is 1.82 bits per heavy atom. The van der Waals surface area contributed by atoms with Crippen LogP contribution in [0.3, 0.4) is 0 Å². The Morgan fingerprint density at radius 1 is 1.09 bits per heavy atom. The first-order valence-corrected chi connectivity index (χ1v) is 8.29. The van der Waals surface area contributed by atoms with Crippen LogP contribution in [0.2, 0.25) is 0 Å². The van der Waals surface area contributed by atoms with E-state index < -0.39 is 5.41 Å². The van der Waals surface area contributed by atoms with Gasteiger partial charge in [-0.25, -0.2) is 0 Å². The Morgan fingerprint density at radius 3 is 2.45 bits per heavy atom. The standard InChI is InChI=1S/C18H24N2O2/c1-13-6-5-9-15(12-13)20-17(22)18(10-11-18)16(21)19-14-7-3-2-4-8-14/h5-6,9,12,14H,2-4,7-8,10-11H2,1H3,(H,19,21)(H,20,22). The largest absolute Gasteiger partial charge is 0.352 e. The Hall–Kier alpha value is -1.84.